The van der Waals surface area contributed by atoms with Gasteiger partial charge in [0.15, 0.2) is 5.76 Å². The number of hydrogen-bond acceptors (Lipinski definition) is 7. The molecule has 0 unspecified atom stereocenters. The van der Waals surface area contributed by atoms with Crippen molar-refractivity contribution in [3.63, 3.8) is 0 Å². The van der Waals surface area contributed by atoms with Crippen molar-refractivity contribution in [3.8, 4) is 11.6 Å². The van der Waals surface area contributed by atoms with Gasteiger partial charge in [-0.1, -0.05) is 5.16 Å². The second-order valence-corrected chi connectivity index (χ2v) is 7.21. The van der Waals surface area contributed by atoms with E-state index in [1.54, 1.807) is 18.4 Å². The number of aromatic nitrogens is 2. The highest BCUT2D eigenvalue weighted by molar-refractivity contribution is 5.68. The van der Waals surface area contributed by atoms with E-state index in [0.717, 1.165) is 25.9 Å². The van der Waals surface area contributed by atoms with Crippen LogP contribution in [0.1, 0.15) is 39.5 Å². The maximum atomic E-state index is 11.9. The number of amides is 1. The van der Waals surface area contributed by atoms with Gasteiger partial charge in [0.1, 0.15) is 5.60 Å². The molecule has 8 nitrogen and oxygen atoms in total. The fourth-order valence-corrected chi connectivity index (χ4v) is 2.81. The molecule has 3 heterocycles. The minimum atomic E-state index is -0.496. The van der Waals surface area contributed by atoms with Crippen molar-refractivity contribution in [2.75, 3.05) is 13.1 Å². The number of carbonyl (C=O) groups excluding carboxylic acids is 1. The standard InChI is InChI=1S/C17H24N4O4/c1-17(2,3)24-16(22)18-12-6-4-8-21(10-12)11-14-19-15(20-25-14)13-7-5-9-23-13/h5,7,9,12H,4,6,8,10-11H2,1-3H3,(H,18,22)/t12-/m1/s1. The Kier molecular flexibility index (Phi) is 5.08. The summed E-state index contributed by atoms with van der Waals surface area (Å²) in [5.74, 6) is 1.56. The van der Waals surface area contributed by atoms with Crippen LogP contribution in [-0.2, 0) is 11.3 Å². The number of piperidine rings is 1. The summed E-state index contributed by atoms with van der Waals surface area (Å²) in [6.07, 6.45) is 3.11. The van der Waals surface area contributed by atoms with E-state index in [0.29, 0.717) is 24.0 Å². The first-order valence-electron chi connectivity index (χ1n) is 8.47. The van der Waals surface area contributed by atoms with Crippen LogP contribution in [0.2, 0.25) is 0 Å². The maximum absolute atomic E-state index is 11.9. The van der Waals surface area contributed by atoms with Gasteiger partial charge in [-0.25, -0.2) is 4.79 Å². The summed E-state index contributed by atoms with van der Waals surface area (Å²) >= 11 is 0. The number of nitrogens with one attached hydrogen (secondary N) is 1. The van der Waals surface area contributed by atoms with Crippen LogP contribution in [0.25, 0.3) is 11.6 Å². The first-order valence-corrected chi connectivity index (χ1v) is 8.47. The number of likely N-dealkylation sites (tertiary alicyclic amines) is 1. The Morgan fingerprint density at radius 2 is 2.32 bits per heavy atom. The third-order valence-electron chi connectivity index (χ3n) is 3.79. The molecule has 2 aromatic heterocycles. The molecule has 25 heavy (non-hydrogen) atoms. The molecule has 1 amide bonds. The Bertz CT molecular complexity index is 690. The van der Waals surface area contributed by atoms with Gasteiger partial charge in [-0.2, -0.15) is 4.98 Å². The van der Waals surface area contributed by atoms with Gasteiger partial charge in [0, 0.05) is 12.6 Å². The van der Waals surface area contributed by atoms with Crippen molar-refractivity contribution in [3.05, 3.63) is 24.3 Å². The molecule has 1 saturated heterocycles. The number of carbonyl (C=O) groups is 1. The SMILES string of the molecule is CC(C)(C)OC(=O)N[C@@H]1CCCN(Cc2nc(-c3ccco3)no2)C1. The van der Waals surface area contributed by atoms with Gasteiger partial charge in [-0.3, -0.25) is 4.90 Å². The molecule has 136 valence electrons. The number of ether oxygens (including phenoxy) is 1. The normalized spacial score (nSPS) is 18.9. The Labute approximate surface area is 146 Å². The van der Waals surface area contributed by atoms with E-state index in [-0.39, 0.29) is 12.1 Å². The van der Waals surface area contributed by atoms with Crippen LogP contribution >= 0.6 is 0 Å². The second kappa shape index (κ2) is 7.26. The lowest BCUT2D eigenvalue weighted by Crippen LogP contribution is -2.48. The van der Waals surface area contributed by atoms with E-state index >= 15 is 0 Å². The van der Waals surface area contributed by atoms with Crippen molar-refractivity contribution in [2.24, 2.45) is 0 Å². The lowest BCUT2D eigenvalue weighted by atomic mass is 10.1. The molecule has 1 atom stereocenters. The predicted octanol–water partition coefficient (Wildman–Crippen LogP) is 2.82. The predicted molar refractivity (Wildman–Crippen MR) is 89.7 cm³/mol. The third kappa shape index (κ3) is 5.06. The summed E-state index contributed by atoms with van der Waals surface area (Å²) in [4.78, 5) is 18.5. The van der Waals surface area contributed by atoms with E-state index in [4.69, 9.17) is 13.7 Å². The highest BCUT2D eigenvalue weighted by Gasteiger charge is 2.25. The lowest BCUT2D eigenvalue weighted by Gasteiger charge is -2.32. The van der Waals surface area contributed by atoms with Crippen molar-refractivity contribution >= 4 is 6.09 Å². The quantitative estimate of drug-likeness (QED) is 0.908. The molecule has 0 saturated carbocycles. The lowest BCUT2D eigenvalue weighted by molar-refractivity contribution is 0.0467. The summed E-state index contributed by atoms with van der Waals surface area (Å²) in [6, 6.07) is 3.62. The van der Waals surface area contributed by atoms with E-state index in [9.17, 15) is 4.79 Å². The van der Waals surface area contributed by atoms with E-state index in [2.05, 4.69) is 20.4 Å². The summed E-state index contributed by atoms with van der Waals surface area (Å²) in [7, 11) is 0. The molecule has 1 N–H and O–H groups in total. The minimum absolute atomic E-state index is 0.0519. The number of hydrogen-bond donors (Lipinski definition) is 1. The molecule has 0 spiro atoms. The average Bonchev–Trinajstić information content (AvgIpc) is 3.16. The van der Waals surface area contributed by atoms with Crippen molar-refractivity contribution in [1.82, 2.24) is 20.4 Å². The summed E-state index contributed by atoms with van der Waals surface area (Å²) in [6.45, 7) is 7.74. The first kappa shape index (κ1) is 17.5. The van der Waals surface area contributed by atoms with Crippen LogP contribution in [0.4, 0.5) is 4.79 Å². The molecule has 0 bridgehead atoms. The smallest absolute Gasteiger partial charge is 0.407 e. The van der Waals surface area contributed by atoms with Crippen molar-refractivity contribution in [1.29, 1.82) is 0 Å². The number of rotatable bonds is 4. The van der Waals surface area contributed by atoms with Crippen molar-refractivity contribution < 1.29 is 18.5 Å². The van der Waals surface area contributed by atoms with Gasteiger partial charge in [-0.15, -0.1) is 0 Å². The molecular weight excluding hydrogens is 324 g/mol. The van der Waals surface area contributed by atoms with Gasteiger partial charge < -0.3 is 19.0 Å². The molecule has 3 rings (SSSR count). The van der Waals surface area contributed by atoms with Crippen LogP contribution in [-0.4, -0.2) is 45.9 Å². The van der Waals surface area contributed by atoms with Crippen molar-refractivity contribution in [2.45, 2.75) is 51.8 Å². The average molecular weight is 348 g/mol. The number of nitrogens with zero attached hydrogens (tertiary/aromatic N) is 3. The van der Waals surface area contributed by atoms with Gasteiger partial charge in [0.25, 0.3) is 0 Å². The zero-order valence-electron chi connectivity index (χ0n) is 14.8. The second-order valence-electron chi connectivity index (χ2n) is 7.21. The third-order valence-corrected chi connectivity index (χ3v) is 3.79. The zero-order valence-corrected chi connectivity index (χ0v) is 14.8. The first-order chi connectivity index (χ1) is 11.9. The molecule has 0 aliphatic carbocycles. The summed E-state index contributed by atoms with van der Waals surface area (Å²) in [5.41, 5.74) is -0.496. The monoisotopic (exact) mass is 348 g/mol. The number of furan rings is 1. The molecular formula is C17H24N4O4. The Morgan fingerprint density at radius 1 is 1.48 bits per heavy atom. The van der Waals surface area contributed by atoms with Gasteiger partial charge in [0.05, 0.1) is 12.8 Å². The van der Waals surface area contributed by atoms with E-state index in [1.807, 2.05) is 20.8 Å². The van der Waals surface area contributed by atoms with Gasteiger partial charge in [0.2, 0.25) is 11.7 Å². The highest BCUT2D eigenvalue weighted by atomic mass is 16.6. The van der Waals surface area contributed by atoms with E-state index in [1.165, 1.54) is 0 Å². The molecule has 0 radical (unpaired) electrons. The van der Waals surface area contributed by atoms with Crippen LogP contribution in [0.3, 0.4) is 0 Å². The fourth-order valence-electron chi connectivity index (χ4n) is 2.81. The maximum Gasteiger partial charge on any atom is 0.407 e. The molecule has 8 heteroatoms. The summed E-state index contributed by atoms with van der Waals surface area (Å²) in [5, 5.41) is 6.87. The summed E-state index contributed by atoms with van der Waals surface area (Å²) < 4.78 is 15.9. The number of alkyl carbamates (subject to hydrolysis) is 1. The van der Waals surface area contributed by atoms with Gasteiger partial charge >= 0.3 is 6.09 Å². The molecule has 2 aromatic rings. The highest BCUT2D eigenvalue weighted by Crippen LogP contribution is 2.18. The minimum Gasteiger partial charge on any atom is -0.461 e. The van der Waals surface area contributed by atoms with Crippen LogP contribution in [0, 0.1) is 0 Å². The molecule has 1 aliphatic rings. The topological polar surface area (TPSA) is 93.6 Å². The van der Waals surface area contributed by atoms with E-state index < -0.39 is 5.60 Å². The molecule has 0 aromatic carbocycles. The Morgan fingerprint density at radius 3 is 3.04 bits per heavy atom. The van der Waals surface area contributed by atoms with Crippen LogP contribution in [0.5, 0.6) is 0 Å². The van der Waals surface area contributed by atoms with Crippen LogP contribution < -0.4 is 5.32 Å². The largest absolute Gasteiger partial charge is 0.461 e. The van der Waals surface area contributed by atoms with Crippen LogP contribution in [0.15, 0.2) is 27.3 Å². The zero-order chi connectivity index (χ0) is 17.9. The molecule has 1 aliphatic heterocycles. The van der Waals surface area contributed by atoms with Gasteiger partial charge in [-0.05, 0) is 52.3 Å². The Balaban J connectivity index is 1.52. The Hall–Kier alpha value is -2.35. The fraction of sp³-hybridized carbons (Fsp3) is 0.588. The molecule has 1 fully saturated rings.